The van der Waals surface area contributed by atoms with Crippen LogP contribution in [0.4, 0.5) is 11.4 Å². The van der Waals surface area contributed by atoms with E-state index in [-0.39, 0.29) is 18.4 Å². The van der Waals surface area contributed by atoms with E-state index in [1.807, 2.05) is 19.9 Å². The van der Waals surface area contributed by atoms with Gasteiger partial charge in [-0.3, -0.25) is 9.59 Å². The largest absolute Gasteiger partial charge is 0.490 e. The third-order valence-electron chi connectivity index (χ3n) is 4.59. The zero-order chi connectivity index (χ0) is 20.5. The Labute approximate surface area is 170 Å². The molecule has 3 rings (SSSR count). The summed E-state index contributed by atoms with van der Waals surface area (Å²) >= 11 is 6.11. The quantitative estimate of drug-likeness (QED) is 0.785. The van der Waals surface area contributed by atoms with E-state index in [0.29, 0.717) is 34.5 Å². The van der Waals surface area contributed by atoms with Crippen LogP contribution < -0.4 is 15.0 Å². The van der Waals surface area contributed by atoms with Crippen LogP contribution in [0.5, 0.6) is 5.75 Å². The number of nitrogens with zero attached hydrogens (tertiary/aromatic N) is 1. The fourth-order valence-corrected chi connectivity index (χ4v) is 3.34. The summed E-state index contributed by atoms with van der Waals surface area (Å²) in [6.07, 6.45) is 0. The summed E-state index contributed by atoms with van der Waals surface area (Å²) < 4.78 is 5.96. The van der Waals surface area contributed by atoms with Gasteiger partial charge in [-0.25, -0.2) is 0 Å². The van der Waals surface area contributed by atoms with Crippen LogP contribution in [-0.2, 0) is 4.79 Å². The molecule has 1 aliphatic heterocycles. The van der Waals surface area contributed by atoms with Crippen molar-refractivity contribution in [1.82, 2.24) is 0 Å². The van der Waals surface area contributed by atoms with Gasteiger partial charge in [0, 0.05) is 18.3 Å². The minimum atomic E-state index is -0.630. The van der Waals surface area contributed by atoms with Crippen LogP contribution in [0.25, 0.3) is 0 Å². The van der Waals surface area contributed by atoms with E-state index in [1.54, 1.807) is 41.3 Å². The summed E-state index contributed by atoms with van der Waals surface area (Å²) in [4.78, 5) is 27.3. The van der Waals surface area contributed by atoms with Gasteiger partial charge in [0.2, 0.25) is 5.91 Å². The molecule has 28 heavy (non-hydrogen) atoms. The molecule has 0 fully saturated rings. The number of nitrogens with one attached hydrogen (secondary N) is 1. The number of carbonyl (C=O) groups excluding carboxylic acids is 2. The highest BCUT2D eigenvalue weighted by Gasteiger charge is 2.38. The highest BCUT2D eigenvalue weighted by Crippen LogP contribution is 2.38. The van der Waals surface area contributed by atoms with Crippen LogP contribution in [0.2, 0.25) is 5.02 Å². The van der Waals surface area contributed by atoms with E-state index in [9.17, 15) is 9.59 Å². The number of benzene rings is 2. The summed E-state index contributed by atoms with van der Waals surface area (Å²) in [6, 6.07) is 12.2. The molecule has 0 spiro atoms. The van der Waals surface area contributed by atoms with E-state index >= 15 is 0 Å². The number of carbonyl (C=O) groups is 2. The molecule has 148 valence electrons. The number of hydrogen-bond acceptors (Lipinski definition) is 3. The lowest BCUT2D eigenvalue weighted by Crippen LogP contribution is -2.43. The van der Waals surface area contributed by atoms with Crippen LogP contribution in [0, 0.1) is 11.3 Å². The molecule has 1 aliphatic rings. The van der Waals surface area contributed by atoms with Crippen molar-refractivity contribution >= 4 is 34.8 Å². The van der Waals surface area contributed by atoms with Crippen LogP contribution >= 0.6 is 11.6 Å². The molecule has 2 aromatic carbocycles. The molecule has 1 N–H and O–H groups in total. The Morgan fingerprint density at radius 1 is 1.25 bits per heavy atom. The van der Waals surface area contributed by atoms with Gasteiger partial charge >= 0.3 is 0 Å². The van der Waals surface area contributed by atoms with Gasteiger partial charge < -0.3 is 15.0 Å². The predicted octanol–water partition coefficient (Wildman–Crippen LogP) is 5.00. The van der Waals surface area contributed by atoms with Gasteiger partial charge in [0.25, 0.3) is 5.91 Å². The zero-order valence-corrected chi connectivity index (χ0v) is 17.3. The highest BCUT2D eigenvalue weighted by atomic mass is 35.5. The molecule has 2 aromatic rings. The second-order valence-corrected chi connectivity index (χ2v) is 8.51. The third kappa shape index (κ3) is 4.14. The Bertz CT molecular complexity index is 908. The Kier molecular flexibility index (Phi) is 5.66. The first-order chi connectivity index (χ1) is 13.2. The van der Waals surface area contributed by atoms with Crippen LogP contribution in [0.1, 0.15) is 38.1 Å². The van der Waals surface area contributed by atoms with Crippen molar-refractivity contribution in [3.63, 3.8) is 0 Å². The van der Waals surface area contributed by atoms with E-state index in [1.165, 1.54) is 0 Å². The van der Waals surface area contributed by atoms with Crippen LogP contribution in [0.3, 0.4) is 0 Å². The molecule has 0 aromatic heterocycles. The molecule has 0 saturated heterocycles. The number of amides is 2. The maximum atomic E-state index is 13.0. The number of hydrogen-bond donors (Lipinski definition) is 1. The standard InChI is InChI=1S/C22H25ClN2O3/c1-14(2)12-25-18-10-9-15(11-19(18)28-13-22(3,4)21(25)27)24-20(26)16-7-5-6-8-17(16)23/h5-11,14H,12-13H2,1-4H3,(H,24,26). The highest BCUT2D eigenvalue weighted by molar-refractivity contribution is 6.34. The number of fused-ring (bicyclic) bond motifs is 1. The fraction of sp³-hybridized carbons (Fsp3) is 0.364. The second-order valence-electron chi connectivity index (χ2n) is 8.10. The maximum Gasteiger partial charge on any atom is 0.257 e. The first-order valence-corrected chi connectivity index (χ1v) is 9.71. The van der Waals surface area contributed by atoms with Gasteiger partial charge in [-0.1, -0.05) is 37.6 Å². The van der Waals surface area contributed by atoms with Gasteiger partial charge in [0.05, 0.1) is 21.7 Å². The average molecular weight is 401 g/mol. The maximum absolute atomic E-state index is 13.0. The van der Waals surface area contributed by atoms with Crippen molar-refractivity contribution in [2.45, 2.75) is 27.7 Å². The van der Waals surface area contributed by atoms with Crippen molar-refractivity contribution in [2.75, 3.05) is 23.4 Å². The minimum absolute atomic E-state index is 0.0350. The lowest BCUT2D eigenvalue weighted by atomic mass is 9.92. The molecule has 0 aliphatic carbocycles. The Morgan fingerprint density at radius 3 is 2.64 bits per heavy atom. The molecule has 0 atom stereocenters. The van der Waals surface area contributed by atoms with E-state index in [4.69, 9.17) is 16.3 Å². The number of rotatable bonds is 4. The smallest absolute Gasteiger partial charge is 0.257 e. The van der Waals surface area contributed by atoms with Crippen molar-refractivity contribution in [3.8, 4) is 5.75 Å². The number of ether oxygens (including phenoxy) is 1. The molecule has 6 heteroatoms. The summed E-state index contributed by atoms with van der Waals surface area (Å²) in [5, 5.41) is 3.24. The van der Waals surface area contributed by atoms with Crippen molar-refractivity contribution in [2.24, 2.45) is 11.3 Å². The number of anilines is 2. The monoisotopic (exact) mass is 400 g/mol. The topological polar surface area (TPSA) is 58.6 Å². The molecule has 0 bridgehead atoms. The molecule has 1 heterocycles. The lowest BCUT2D eigenvalue weighted by molar-refractivity contribution is -0.127. The van der Waals surface area contributed by atoms with Gasteiger partial charge in [0.1, 0.15) is 12.4 Å². The fourth-order valence-electron chi connectivity index (χ4n) is 3.12. The summed E-state index contributed by atoms with van der Waals surface area (Å²) in [5.74, 6) is 0.629. The molecular weight excluding hydrogens is 376 g/mol. The van der Waals surface area contributed by atoms with E-state index in [0.717, 1.165) is 5.69 Å². The minimum Gasteiger partial charge on any atom is -0.490 e. The van der Waals surface area contributed by atoms with Gasteiger partial charge in [0.15, 0.2) is 0 Å². The van der Waals surface area contributed by atoms with Gasteiger partial charge in [-0.05, 0) is 44.0 Å². The zero-order valence-electron chi connectivity index (χ0n) is 16.6. The Balaban J connectivity index is 1.92. The van der Waals surface area contributed by atoms with E-state index in [2.05, 4.69) is 19.2 Å². The number of halogens is 1. The van der Waals surface area contributed by atoms with Crippen molar-refractivity contribution in [3.05, 3.63) is 53.1 Å². The molecule has 5 nitrogen and oxygen atoms in total. The molecule has 0 radical (unpaired) electrons. The van der Waals surface area contributed by atoms with Crippen molar-refractivity contribution < 1.29 is 14.3 Å². The SMILES string of the molecule is CC(C)CN1C(=O)C(C)(C)COc2cc(NC(=O)c3ccccc3Cl)ccc21. The summed E-state index contributed by atoms with van der Waals surface area (Å²) in [5.41, 5.74) is 1.08. The molecule has 0 unspecified atom stereocenters. The molecule has 2 amide bonds. The summed E-state index contributed by atoms with van der Waals surface area (Å²) in [7, 11) is 0. The van der Waals surface area contributed by atoms with Crippen LogP contribution in [-0.4, -0.2) is 25.0 Å². The summed E-state index contributed by atoms with van der Waals surface area (Å²) in [6.45, 7) is 8.79. The first kappa shape index (κ1) is 20.2. The van der Waals surface area contributed by atoms with Gasteiger partial charge in [-0.2, -0.15) is 0 Å². The molecular formula is C22H25ClN2O3. The Hall–Kier alpha value is -2.53. The third-order valence-corrected chi connectivity index (χ3v) is 4.92. The van der Waals surface area contributed by atoms with E-state index < -0.39 is 5.41 Å². The van der Waals surface area contributed by atoms with Crippen molar-refractivity contribution in [1.29, 1.82) is 0 Å². The molecule has 0 saturated carbocycles. The normalized spacial score (nSPS) is 15.6. The van der Waals surface area contributed by atoms with Gasteiger partial charge in [-0.15, -0.1) is 0 Å². The first-order valence-electron chi connectivity index (χ1n) is 9.34. The average Bonchev–Trinajstić information content (AvgIpc) is 2.72. The lowest BCUT2D eigenvalue weighted by Gasteiger charge is -2.29. The van der Waals surface area contributed by atoms with Crippen LogP contribution in [0.15, 0.2) is 42.5 Å². The predicted molar refractivity (Wildman–Crippen MR) is 112 cm³/mol. The second kappa shape index (κ2) is 7.84. The Morgan fingerprint density at radius 2 is 1.96 bits per heavy atom.